The molecule has 0 aliphatic heterocycles. The molecule has 1 atom stereocenters. The molecular formula is C24H25NO5S. The Kier molecular flexibility index (Phi) is 7.09. The fraction of sp³-hybridized carbons (Fsp3) is 0.208. The maximum atomic E-state index is 12.9. The highest BCUT2D eigenvalue weighted by Gasteiger charge is 2.22. The van der Waals surface area contributed by atoms with Gasteiger partial charge in [-0.15, -0.1) is 0 Å². The molecule has 31 heavy (non-hydrogen) atoms. The van der Waals surface area contributed by atoms with Crippen molar-refractivity contribution in [2.75, 3.05) is 6.61 Å². The molecule has 2 N–H and O–H groups in total. The molecule has 7 heteroatoms. The van der Waals surface area contributed by atoms with Gasteiger partial charge in [-0.2, -0.15) is 0 Å². The van der Waals surface area contributed by atoms with Crippen molar-refractivity contribution in [2.24, 2.45) is 0 Å². The van der Waals surface area contributed by atoms with E-state index in [4.69, 9.17) is 4.74 Å². The third-order valence-electron chi connectivity index (χ3n) is 4.92. The molecular weight excluding hydrogens is 414 g/mol. The summed E-state index contributed by atoms with van der Waals surface area (Å²) in [4.78, 5) is 12.5. The van der Waals surface area contributed by atoms with Gasteiger partial charge in [-0.3, -0.25) is 0 Å². The van der Waals surface area contributed by atoms with Gasteiger partial charge in [0.1, 0.15) is 5.75 Å². The summed E-state index contributed by atoms with van der Waals surface area (Å²) >= 11 is 0. The van der Waals surface area contributed by atoms with E-state index in [0.717, 1.165) is 11.1 Å². The van der Waals surface area contributed by atoms with Crippen LogP contribution in [0.2, 0.25) is 0 Å². The van der Waals surface area contributed by atoms with Crippen LogP contribution in [0.4, 0.5) is 0 Å². The second kappa shape index (κ2) is 9.76. The van der Waals surface area contributed by atoms with Crippen LogP contribution in [0.5, 0.6) is 5.75 Å². The lowest BCUT2D eigenvalue weighted by Gasteiger charge is -2.19. The Morgan fingerprint density at radius 1 is 1.00 bits per heavy atom. The molecule has 6 nitrogen and oxygen atoms in total. The molecule has 0 radical (unpaired) electrons. The molecule has 0 fully saturated rings. The molecule has 0 saturated carbocycles. The third kappa shape index (κ3) is 5.93. The topological polar surface area (TPSA) is 92.7 Å². The molecule has 0 spiro atoms. The first-order valence-corrected chi connectivity index (χ1v) is 11.4. The fourth-order valence-corrected chi connectivity index (χ4v) is 4.30. The molecule has 0 aromatic heterocycles. The second-order valence-corrected chi connectivity index (χ2v) is 9.04. The van der Waals surface area contributed by atoms with Gasteiger partial charge in [0.25, 0.3) is 0 Å². The van der Waals surface area contributed by atoms with Crippen LogP contribution in [0, 0.1) is 13.8 Å². The van der Waals surface area contributed by atoms with Crippen LogP contribution in [0.1, 0.15) is 39.5 Å². The number of benzene rings is 3. The number of nitrogens with one attached hydrogen (secondary N) is 1. The van der Waals surface area contributed by atoms with Crippen LogP contribution in [0.25, 0.3) is 0 Å². The van der Waals surface area contributed by atoms with Crippen molar-refractivity contribution in [3.05, 3.63) is 95.1 Å². The summed E-state index contributed by atoms with van der Waals surface area (Å²) in [6, 6.07) is 19.7. The van der Waals surface area contributed by atoms with Crippen LogP contribution in [-0.2, 0) is 14.8 Å². The molecule has 3 aromatic carbocycles. The van der Waals surface area contributed by atoms with Gasteiger partial charge in [-0.05, 0) is 49.2 Å². The zero-order chi connectivity index (χ0) is 22.4. The summed E-state index contributed by atoms with van der Waals surface area (Å²) in [5.74, 6) is -0.564. The molecule has 0 aliphatic carbocycles. The van der Waals surface area contributed by atoms with E-state index in [1.165, 1.54) is 6.07 Å². The summed E-state index contributed by atoms with van der Waals surface area (Å²) in [5, 5.41) is 9.78. The van der Waals surface area contributed by atoms with Gasteiger partial charge in [-0.25, -0.2) is 17.9 Å². The minimum atomic E-state index is -3.76. The molecule has 0 amide bonds. The van der Waals surface area contributed by atoms with Crippen molar-refractivity contribution in [3.8, 4) is 5.75 Å². The number of hydrogen-bond donors (Lipinski definition) is 2. The first-order chi connectivity index (χ1) is 14.8. The minimum absolute atomic E-state index is 0.00342. The molecule has 1 unspecified atom stereocenters. The highest BCUT2D eigenvalue weighted by atomic mass is 32.2. The number of hydrogen-bond acceptors (Lipinski definition) is 5. The number of esters is 1. The lowest BCUT2D eigenvalue weighted by Crippen LogP contribution is -2.29. The van der Waals surface area contributed by atoms with E-state index >= 15 is 0 Å². The Labute approximate surface area is 182 Å². The van der Waals surface area contributed by atoms with E-state index in [1.54, 1.807) is 43.3 Å². The van der Waals surface area contributed by atoms with E-state index in [9.17, 15) is 18.3 Å². The Morgan fingerprint density at radius 3 is 2.32 bits per heavy atom. The number of phenolic OH excluding ortho intramolecular Hbond substituents is 1. The van der Waals surface area contributed by atoms with Gasteiger partial charge in [0, 0.05) is 6.42 Å². The van der Waals surface area contributed by atoms with Gasteiger partial charge in [0.2, 0.25) is 10.0 Å². The van der Waals surface area contributed by atoms with E-state index in [0.29, 0.717) is 5.56 Å². The van der Waals surface area contributed by atoms with Gasteiger partial charge in [-0.1, -0.05) is 54.1 Å². The summed E-state index contributed by atoms with van der Waals surface area (Å²) in [6.45, 7) is 3.62. The zero-order valence-corrected chi connectivity index (χ0v) is 18.2. The van der Waals surface area contributed by atoms with E-state index < -0.39 is 22.0 Å². The predicted octanol–water partition coefficient (Wildman–Crippen LogP) is 4.28. The van der Waals surface area contributed by atoms with Crippen LogP contribution < -0.4 is 4.72 Å². The number of carbonyl (C=O) groups is 1. The number of carbonyl (C=O) groups excluding carboxylic acids is 1. The van der Waals surface area contributed by atoms with E-state index in [-0.39, 0.29) is 29.2 Å². The molecule has 0 aliphatic rings. The van der Waals surface area contributed by atoms with Crippen molar-refractivity contribution in [2.45, 2.75) is 31.2 Å². The molecule has 3 rings (SSSR count). The number of aromatic hydroxyl groups is 1. The molecule has 3 aromatic rings. The van der Waals surface area contributed by atoms with Crippen molar-refractivity contribution in [1.29, 1.82) is 0 Å². The SMILES string of the molecule is Cc1ccc(S(=O)(=O)NC(CCOC(=O)c2ccc(C)c(O)c2)c2ccccc2)cc1. The number of sulfonamides is 1. The first kappa shape index (κ1) is 22.5. The largest absolute Gasteiger partial charge is 0.508 e. The molecule has 0 bridgehead atoms. The average Bonchev–Trinajstić information content (AvgIpc) is 2.75. The summed E-state index contributed by atoms with van der Waals surface area (Å²) in [5.41, 5.74) is 2.63. The number of ether oxygens (including phenoxy) is 1. The molecule has 0 heterocycles. The predicted molar refractivity (Wildman–Crippen MR) is 118 cm³/mol. The Hall–Kier alpha value is -3.16. The van der Waals surface area contributed by atoms with Gasteiger partial charge >= 0.3 is 5.97 Å². The number of phenols is 1. The van der Waals surface area contributed by atoms with Gasteiger partial charge in [0.05, 0.1) is 23.1 Å². The lowest BCUT2D eigenvalue weighted by atomic mass is 10.1. The normalized spacial score (nSPS) is 12.3. The quantitative estimate of drug-likeness (QED) is 0.511. The van der Waals surface area contributed by atoms with Crippen LogP contribution in [0.15, 0.2) is 77.7 Å². The van der Waals surface area contributed by atoms with Crippen molar-refractivity contribution >= 4 is 16.0 Å². The second-order valence-electron chi connectivity index (χ2n) is 7.32. The van der Waals surface area contributed by atoms with Gasteiger partial charge < -0.3 is 9.84 Å². The minimum Gasteiger partial charge on any atom is -0.508 e. The number of rotatable bonds is 8. The highest BCUT2D eigenvalue weighted by molar-refractivity contribution is 7.89. The maximum absolute atomic E-state index is 12.9. The van der Waals surface area contributed by atoms with Gasteiger partial charge in [0.15, 0.2) is 0 Å². The molecule has 162 valence electrons. The Morgan fingerprint density at radius 2 is 1.68 bits per heavy atom. The summed E-state index contributed by atoms with van der Waals surface area (Å²) in [6.07, 6.45) is 0.249. The molecule has 0 saturated heterocycles. The maximum Gasteiger partial charge on any atom is 0.338 e. The van der Waals surface area contributed by atoms with Crippen molar-refractivity contribution in [3.63, 3.8) is 0 Å². The number of aryl methyl sites for hydroxylation is 2. The summed E-state index contributed by atoms with van der Waals surface area (Å²) < 4.78 is 33.8. The smallest absolute Gasteiger partial charge is 0.338 e. The van der Waals surface area contributed by atoms with Crippen molar-refractivity contribution in [1.82, 2.24) is 4.72 Å². The Bertz CT molecular complexity index is 1140. The zero-order valence-electron chi connectivity index (χ0n) is 17.4. The Balaban J connectivity index is 1.72. The lowest BCUT2D eigenvalue weighted by molar-refractivity contribution is 0.0491. The van der Waals surface area contributed by atoms with Crippen LogP contribution >= 0.6 is 0 Å². The van der Waals surface area contributed by atoms with E-state index in [2.05, 4.69) is 4.72 Å². The summed E-state index contributed by atoms with van der Waals surface area (Å²) in [7, 11) is -3.76. The van der Waals surface area contributed by atoms with Crippen LogP contribution in [0.3, 0.4) is 0 Å². The van der Waals surface area contributed by atoms with E-state index in [1.807, 2.05) is 37.3 Å². The average molecular weight is 440 g/mol. The standard InChI is InChI=1S/C24H25NO5S/c1-17-8-12-21(13-9-17)31(28,29)25-22(19-6-4-3-5-7-19)14-15-30-24(27)20-11-10-18(2)23(26)16-20/h3-13,16,22,25-26H,14-15H2,1-2H3. The fourth-order valence-electron chi connectivity index (χ4n) is 3.04. The third-order valence-corrected chi connectivity index (χ3v) is 6.40. The monoisotopic (exact) mass is 439 g/mol. The highest BCUT2D eigenvalue weighted by Crippen LogP contribution is 2.22. The van der Waals surface area contributed by atoms with Crippen molar-refractivity contribution < 1.29 is 23.1 Å². The first-order valence-electron chi connectivity index (χ1n) is 9.87. The van der Waals surface area contributed by atoms with Crippen LogP contribution in [-0.4, -0.2) is 26.1 Å².